The van der Waals surface area contributed by atoms with Gasteiger partial charge in [-0.15, -0.1) is 6.58 Å². The number of amides is 1. The first-order chi connectivity index (χ1) is 9.63. The van der Waals surface area contributed by atoms with Crippen LogP contribution in [0.25, 0.3) is 0 Å². The van der Waals surface area contributed by atoms with Crippen molar-refractivity contribution >= 4 is 11.9 Å². The Morgan fingerprint density at radius 2 is 2.05 bits per heavy atom. The van der Waals surface area contributed by atoms with E-state index in [1.165, 1.54) is 12.0 Å². The lowest BCUT2D eigenvalue weighted by Crippen LogP contribution is -2.36. The molecule has 0 N–H and O–H groups in total. The summed E-state index contributed by atoms with van der Waals surface area (Å²) in [4.78, 5) is 25.3. The number of rotatable bonds is 7. The fourth-order valence-corrected chi connectivity index (χ4v) is 1.73. The summed E-state index contributed by atoms with van der Waals surface area (Å²) in [6.45, 7) is 5.74. The van der Waals surface area contributed by atoms with E-state index in [1.807, 2.05) is 0 Å². The zero-order valence-corrected chi connectivity index (χ0v) is 11.8. The van der Waals surface area contributed by atoms with Crippen LogP contribution in [0, 0.1) is 0 Å². The minimum Gasteiger partial charge on any atom is -0.496 e. The van der Waals surface area contributed by atoms with Crippen LogP contribution in [0.15, 0.2) is 36.9 Å². The van der Waals surface area contributed by atoms with E-state index in [9.17, 15) is 9.59 Å². The Balaban J connectivity index is 2.93. The van der Waals surface area contributed by atoms with Crippen LogP contribution < -0.4 is 4.74 Å². The van der Waals surface area contributed by atoms with Crippen LogP contribution in [0.5, 0.6) is 5.75 Å². The fourth-order valence-electron chi connectivity index (χ4n) is 1.73. The highest BCUT2D eigenvalue weighted by molar-refractivity contribution is 5.98. The molecule has 0 fully saturated rings. The van der Waals surface area contributed by atoms with Gasteiger partial charge in [0.25, 0.3) is 5.91 Å². The highest BCUT2D eigenvalue weighted by Crippen LogP contribution is 2.19. The lowest BCUT2D eigenvalue weighted by molar-refractivity contribution is -0.143. The third kappa shape index (κ3) is 4.12. The predicted molar refractivity (Wildman–Crippen MR) is 75.7 cm³/mol. The molecule has 108 valence electrons. The third-order valence-corrected chi connectivity index (χ3v) is 2.60. The first-order valence-electron chi connectivity index (χ1n) is 6.32. The molecule has 0 aliphatic carbocycles. The number of esters is 1. The molecule has 1 rings (SSSR count). The summed E-state index contributed by atoms with van der Waals surface area (Å²) in [7, 11) is 1.50. The average Bonchev–Trinajstić information content (AvgIpc) is 2.46. The molecule has 0 aromatic heterocycles. The highest BCUT2D eigenvalue weighted by atomic mass is 16.5. The minimum atomic E-state index is -0.447. The van der Waals surface area contributed by atoms with Gasteiger partial charge in [-0.05, 0) is 19.1 Å². The van der Waals surface area contributed by atoms with E-state index in [1.54, 1.807) is 37.3 Å². The Labute approximate surface area is 118 Å². The molecule has 1 amide bonds. The van der Waals surface area contributed by atoms with Gasteiger partial charge in [0.1, 0.15) is 12.3 Å². The molecule has 5 nitrogen and oxygen atoms in total. The summed E-state index contributed by atoms with van der Waals surface area (Å²) in [6, 6.07) is 6.87. The molecule has 20 heavy (non-hydrogen) atoms. The zero-order chi connectivity index (χ0) is 15.0. The van der Waals surface area contributed by atoms with E-state index in [2.05, 4.69) is 6.58 Å². The average molecular weight is 277 g/mol. The summed E-state index contributed by atoms with van der Waals surface area (Å²) in [5.41, 5.74) is 0.404. The Morgan fingerprint density at radius 1 is 1.35 bits per heavy atom. The van der Waals surface area contributed by atoms with Crippen molar-refractivity contribution in [3.63, 3.8) is 0 Å². The number of para-hydroxylation sites is 1. The molecule has 0 saturated carbocycles. The molecular weight excluding hydrogens is 258 g/mol. The van der Waals surface area contributed by atoms with Crippen molar-refractivity contribution in [1.29, 1.82) is 0 Å². The van der Waals surface area contributed by atoms with E-state index in [-0.39, 0.29) is 25.6 Å². The Kier molecular flexibility index (Phi) is 6.29. The van der Waals surface area contributed by atoms with Crippen LogP contribution in [0.1, 0.15) is 17.3 Å². The highest BCUT2D eigenvalue weighted by Gasteiger charge is 2.21. The van der Waals surface area contributed by atoms with Gasteiger partial charge in [0.2, 0.25) is 0 Å². The van der Waals surface area contributed by atoms with Crippen molar-refractivity contribution in [1.82, 2.24) is 4.90 Å². The molecule has 0 spiro atoms. The molecule has 0 bridgehead atoms. The maximum atomic E-state index is 12.4. The van der Waals surface area contributed by atoms with Crippen molar-refractivity contribution in [3.8, 4) is 5.75 Å². The van der Waals surface area contributed by atoms with Gasteiger partial charge in [-0.25, -0.2) is 0 Å². The number of carbonyl (C=O) groups excluding carboxylic acids is 2. The summed E-state index contributed by atoms with van der Waals surface area (Å²) in [5, 5.41) is 0. The zero-order valence-electron chi connectivity index (χ0n) is 11.8. The summed E-state index contributed by atoms with van der Waals surface area (Å²) >= 11 is 0. The van der Waals surface area contributed by atoms with Crippen LogP contribution in [0.3, 0.4) is 0 Å². The molecule has 5 heteroatoms. The second kappa shape index (κ2) is 7.99. The van der Waals surface area contributed by atoms with Crippen molar-refractivity contribution in [2.45, 2.75) is 6.92 Å². The Hall–Kier alpha value is -2.30. The van der Waals surface area contributed by atoms with Crippen molar-refractivity contribution in [3.05, 3.63) is 42.5 Å². The van der Waals surface area contributed by atoms with Crippen molar-refractivity contribution in [2.75, 3.05) is 26.8 Å². The van der Waals surface area contributed by atoms with E-state index in [4.69, 9.17) is 9.47 Å². The summed E-state index contributed by atoms with van der Waals surface area (Å²) in [5.74, 6) is -0.275. The van der Waals surface area contributed by atoms with Crippen LogP contribution in [-0.4, -0.2) is 43.6 Å². The number of carbonyl (C=O) groups is 2. The van der Waals surface area contributed by atoms with E-state index in [0.717, 1.165) is 0 Å². The number of hydrogen-bond donors (Lipinski definition) is 0. The first-order valence-corrected chi connectivity index (χ1v) is 6.32. The van der Waals surface area contributed by atoms with Gasteiger partial charge in [-0.3, -0.25) is 9.59 Å². The van der Waals surface area contributed by atoms with Crippen LogP contribution in [0.4, 0.5) is 0 Å². The monoisotopic (exact) mass is 277 g/mol. The summed E-state index contributed by atoms with van der Waals surface area (Å²) < 4.78 is 10.0. The number of hydrogen-bond acceptors (Lipinski definition) is 4. The Morgan fingerprint density at radius 3 is 2.65 bits per heavy atom. The predicted octanol–water partition coefficient (Wildman–Crippen LogP) is 1.89. The number of ether oxygens (including phenoxy) is 2. The smallest absolute Gasteiger partial charge is 0.325 e. The van der Waals surface area contributed by atoms with Gasteiger partial charge >= 0.3 is 5.97 Å². The first kappa shape index (κ1) is 15.8. The molecule has 1 aromatic carbocycles. The second-order valence-corrected chi connectivity index (χ2v) is 3.98. The largest absolute Gasteiger partial charge is 0.496 e. The number of nitrogens with zero attached hydrogens (tertiary/aromatic N) is 1. The Bertz CT molecular complexity index is 485. The van der Waals surface area contributed by atoms with Crippen LogP contribution >= 0.6 is 0 Å². The number of benzene rings is 1. The van der Waals surface area contributed by atoms with Gasteiger partial charge in [-0.2, -0.15) is 0 Å². The fraction of sp³-hybridized carbons (Fsp3) is 0.333. The maximum absolute atomic E-state index is 12.4. The topological polar surface area (TPSA) is 55.8 Å². The van der Waals surface area contributed by atoms with Gasteiger partial charge in [-0.1, -0.05) is 18.2 Å². The van der Waals surface area contributed by atoms with Crippen LogP contribution in [-0.2, 0) is 9.53 Å². The standard InChI is InChI=1S/C15H19NO4/c1-4-10-16(11-14(17)20-5-2)15(18)12-8-6-7-9-13(12)19-3/h4,6-9H,1,5,10-11H2,2-3H3. The van der Waals surface area contributed by atoms with Crippen molar-refractivity contribution < 1.29 is 19.1 Å². The maximum Gasteiger partial charge on any atom is 0.325 e. The molecular formula is C15H19NO4. The normalized spacial score (nSPS) is 9.70. The van der Waals surface area contributed by atoms with Crippen LogP contribution in [0.2, 0.25) is 0 Å². The molecule has 0 radical (unpaired) electrons. The molecule has 0 aliphatic rings. The molecule has 1 aromatic rings. The quantitative estimate of drug-likeness (QED) is 0.564. The van der Waals surface area contributed by atoms with E-state index >= 15 is 0 Å². The molecule has 0 unspecified atom stereocenters. The van der Waals surface area contributed by atoms with Gasteiger partial charge in [0, 0.05) is 6.54 Å². The van der Waals surface area contributed by atoms with Gasteiger partial charge in [0.05, 0.1) is 19.3 Å². The molecule has 0 aliphatic heterocycles. The second-order valence-electron chi connectivity index (χ2n) is 3.98. The molecule has 0 saturated heterocycles. The van der Waals surface area contributed by atoms with Gasteiger partial charge < -0.3 is 14.4 Å². The van der Waals surface area contributed by atoms with E-state index in [0.29, 0.717) is 11.3 Å². The third-order valence-electron chi connectivity index (χ3n) is 2.60. The van der Waals surface area contributed by atoms with Gasteiger partial charge in [0.15, 0.2) is 0 Å². The SMILES string of the molecule is C=CCN(CC(=O)OCC)C(=O)c1ccccc1OC. The molecule has 0 heterocycles. The van der Waals surface area contributed by atoms with Crippen molar-refractivity contribution in [2.24, 2.45) is 0 Å². The molecule has 0 atom stereocenters. The lowest BCUT2D eigenvalue weighted by atomic mass is 10.1. The summed E-state index contributed by atoms with van der Waals surface area (Å²) in [6.07, 6.45) is 1.56. The minimum absolute atomic E-state index is 0.114. The van der Waals surface area contributed by atoms with E-state index < -0.39 is 5.97 Å². The number of methoxy groups -OCH3 is 1. The lowest BCUT2D eigenvalue weighted by Gasteiger charge is -2.21.